The first-order valence-electron chi connectivity index (χ1n) is 6.03. The lowest BCUT2D eigenvalue weighted by atomic mass is 10.2. The van der Waals surface area contributed by atoms with Crippen molar-refractivity contribution in [2.75, 3.05) is 24.2 Å². The van der Waals surface area contributed by atoms with Crippen molar-refractivity contribution in [2.24, 2.45) is 0 Å². The molecule has 1 atom stereocenters. The van der Waals surface area contributed by atoms with Gasteiger partial charge in [-0.2, -0.15) is 0 Å². The highest BCUT2D eigenvalue weighted by Gasteiger charge is 2.16. The molecule has 0 saturated carbocycles. The molecule has 1 heterocycles. The maximum Gasteiger partial charge on any atom is 0.234 e. The Hall–Kier alpha value is -0.520. The Morgan fingerprint density at radius 2 is 2.44 bits per heavy atom. The van der Waals surface area contributed by atoms with Gasteiger partial charge in [-0.05, 0) is 37.6 Å². The van der Waals surface area contributed by atoms with Crippen molar-refractivity contribution < 1.29 is 4.79 Å². The first kappa shape index (κ1) is 13.9. The lowest BCUT2D eigenvalue weighted by Crippen LogP contribution is -2.17. The number of aryl methyl sites for hydroxylation is 1. The summed E-state index contributed by atoms with van der Waals surface area (Å²) in [5.41, 5.74) is 2.02. The SMILES string of the molecule is Cc1ccc(NC(=O)CSC2CCNC2)cc1Br. The summed E-state index contributed by atoms with van der Waals surface area (Å²) in [5.74, 6) is 0.598. The fourth-order valence-corrected chi connectivity index (χ4v) is 3.19. The maximum atomic E-state index is 11.8. The fraction of sp³-hybridized carbons (Fsp3) is 0.462. The Bertz CT molecular complexity index is 433. The zero-order valence-electron chi connectivity index (χ0n) is 10.3. The quantitative estimate of drug-likeness (QED) is 0.892. The van der Waals surface area contributed by atoms with Gasteiger partial charge < -0.3 is 10.6 Å². The lowest BCUT2D eigenvalue weighted by Gasteiger charge is -2.09. The van der Waals surface area contributed by atoms with E-state index in [0.29, 0.717) is 11.0 Å². The Morgan fingerprint density at radius 1 is 1.61 bits per heavy atom. The van der Waals surface area contributed by atoms with Crippen LogP contribution in [0.4, 0.5) is 5.69 Å². The largest absolute Gasteiger partial charge is 0.325 e. The molecule has 98 valence electrons. The third kappa shape index (κ3) is 4.00. The molecule has 5 heteroatoms. The summed E-state index contributed by atoms with van der Waals surface area (Å²) in [5, 5.41) is 6.81. The van der Waals surface area contributed by atoms with Gasteiger partial charge in [-0.3, -0.25) is 4.79 Å². The van der Waals surface area contributed by atoms with Crippen LogP contribution >= 0.6 is 27.7 Å². The molecule has 3 nitrogen and oxygen atoms in total. The first-order valence-corrected chi connectivity index (χ1v) is 7.87. The van der Waals surface area contributed by atoms with E-state index >= 15 is 0 Å². The average Bonchev–Trinajstić information content (AvgIpc) is 2.84. The van der Waals surface area contributed by atoms with E-state index in [1.807, 2.05) is 25.1 Å². The van der Waals surface area contributed by atoms with Crippen LogP contribution in [0.5, 0.6) is 0 Å². The molecule has 1 fully saturated rings. The van der Waals surface area contributed by atoms with E-state index in [-0.39, 0.29) is 5.91 Å². The lowest BCUT2D eigenvalue weighted by molar-refractivity contribution is -0.113. The molecule has 0 bridgehead atoms. The Labute approximate surface area is 120 Å². The smallest absolute Gasteiger partial charge is 0.234 e. The van der Waals surface area contributed by atoms with Gasteiger partial charge in [0.05, 0.1) is 5.75 Å². The number of rotatable bonds is 4. The van der Waals surface area contributed by atoms with Crippen molar-refractivity contribution in [1.82, 2.24) is 5.32 Å². The van der Waals surface area contributed by atoms with Crippen LogP contribution < -0.4 is 10.6 Å². The predicted molar refractivity (Wildman–Crippen MR) is 81.2 cm³/mol. The number of carbonyl (C=O) groups is 1. The van der Waals surface area contributed by atoms with Crippen molar-refractivity contribution in [1.29, 1.82) is 0 Å². The molecular formula is C13H17BrN2OS. The minimum Gasteiger partial charge on any atom is -0.325 e. The average molecular weight is 329 g/mol. The third-order valence-corrected chi connectivity index (χ3v) is 5.08. The van der Waals surface area contributed by atoms with Crippen LogP contribution in [0.25, 0.3) is 0 Å². The number of halogens is 1. The monoisotopic (exact) mass is 328 g/mol. The first-order chi connectivity index (χ1) is 8.65. The van der Waals surface area contributed by atoms with Crippen molar-refractivity contribution in [3.8, 4) is 0 Å². The second-order valence-corrected chi connectivity index (χ2v) is 6.58. The summed E-state index contributed by atoms with van der Waals surface area (Å²) in [6.07, 6.45) is 1.16. The Kier molecular flexibility index (Phi) is 5.09. The highest BCUT2D eigenvalue weighted by atomic mass is 79.9. The molecule has 1 aliphatic heterocycles. The van der Waals surface area contributed by atoms with E-state index in [1.165, 1.54) is 5.56 Å². The molecule has 1 aliphatic rings. The summed E-state index contributed by atoms with van der Waals surface area (Å²) in [6, 6.07) is 5.86. The Morgan fingerprint density at radius 3 is 3.11 bits per heavy atom. The molecule has 1 aromatic rings. The van der Waals surface area contributed by atoms with Gasteiger partial charge in [-0.15, -0.1) is 11.8 Å². The molecule has 2 N–H and O–H groups in total. The number of carbonyl (C=O) groups excluding carboxylic acids is 1. The standard InChI is InChI=1S/C13H17BrN2OS/c1-9-2-3-10(6-12(9)14)16-13(17)8-18-11-4-5-15-7-11/h2-3,6,11,15H,4-5,7-8H2,1H3,(H,16,17). The molecule has 1 amide bonds. The van der Waals surface area contributed by atoms with Gasteiger partial charge in [-0.1, -0.05) is 22.0 Å². The van der Waals surface area contributed by atoms with E-state index in [9.17, 15) is 4.79 Å². The molecule has 1 unspecified atom stereocenters. The van der Waals surface area contributed by atoms with Gasteiger partial charge in [0.1, 0.15) is 0 Å². The van der Waals surface area contributed by atoms with Crippen molar-refractivity contribution in [2.45, 2.75) is 18.6 Å². The van der Waals surface area contributed by atoms with Crippen LogP contribution in [0.2, 0.25) is 0 Å². The molecule has 0 radical (unpaired) electrons. The number of benzene rings is 1. The topological polar surface area (TPSA) is 41.1 Å². The molecular weight excluding hydrogens is 312 g/mol. The van der Waals surface area contributed by atoms with E-state index in [4.69, 9.17) is 0 Å². The van der Waals surface area contributed by atoms with Gasteiger partial charge in [-0.25, -0.2) is 0 Å². The van der Waals surface area contributed by atoms with Crippen LogP contribution in [-0.2, 0) is 4.79 Å². The number of amides is 1. The van der Waals surface area contributed by atoms with Crippen LogP contribution in [0.3, 0.4) is 0 Å². The van der Waals surface area contributed by atoms with Crippen molar-refractivity contribution >= 4 is 39.3 Å². The second kappa shape index (κ2) is 6.59. The number of anilines is 1. The van der Waals surface area contributed by atoms with Crippen LogP contribution in [0.15, 0.2) is 22.7 Å². The number of hydrogen-bond acceptors (Lipinski definition) is 3. The number of hydrogen-bond donors (Lipinski definition) is 2. The van der Waals surface area contributed by atoms with E-state index in [0.717, 1.165) is 29.7 Å². The minimum atomic E-state index is 0.0719. The highest BCUT2D eigenvalue weighted by molar-refractivity contribution is 9.10. The second-order valence-electron chi connectivity index (χ2n) is 4.44. The Balaban J connectivity index is 1.80. The molecule has 2 rings (SSSR count). The number of nitrogens with one attached hydrogen (secondary N) is 2. The van der Waals surface area contributed by atoms with Gasteiger partial charge >= 0.3 is 0 Å². The molecule has 18 heavy (non-hydrogen) atoms. The molecule has 0 aromatic heterocycles. The van der Waals surface area contributed by atoms with Crippen LogP contribution in [-0.4, -0.2) is 30.0 Å². The normalized spacial score (nSPS) is 18.9. The highest BCUT2D eigenvalue weighted by Crippen LogP contribution is 2.21. The van der Waals surface area contributed by atoms with Gasteiger partial charge in [0, 0.05) is 22.0 Å². The summed E-state index contributed by atoms with van der Waals surface area (Å²) in [6.45, 7) is 4.12. The van der Waals surface area contributed by atoms with E-state index < -0.39 is 0 Å². The fourth-order valence-electron chi connectivity index (χ4n) is 1.83. The van der Waals surface area contributed by atoms with Crippen LogP contribution in [0, 0.1) is 6.92 Å². The van der Waals surface area contributed by atoms with Crippen LogP contribution in [0.1, 0.15) is 12.0 Å². The maximum absolute atomic E-state index is 11.8. The zero-order valence-corrected chi connectivity index (χ0v) is 12.7. The summed E-state index contributed by atoms with van der Waals surface area (Å²) < 4.78 is 1.02. The van der Waals surface area contributed by atoms with E-state index in [2.05, 4.69) is 26.6 Å². The van der Waals surface area contributed by atoms with E-state index in [1.54, 1.807) is 11.8 Å². The van der Waals surface area contributed by atoms with Gasteiger partial charge in [0.15, 0.2) is 0 Å². The summed E-state index contributed by atoms with van der Waals surface area (Å²) >= 11 is 5.20. The summed E-state index contributed by atoms with van der Waals surface area (Å²) in [7, 11) is 0. The van der Waals surface area contributed by atoms with Crippen molar-refractivity contribution in [3.05, 3.63) is 28.2 Å². The van der Waals surface area contributed by atoms with Gasteiger partial charge in [0.2, 0.25) is 5.91 Å². The molecule has 1 saturated heterocycles. The predicted octanol–water partition coefficient (Wildman–Crippen LogP) is 2.79. The minimum absolute atomic E-state index is 0.0719. The van der Waals surface area contributed by atoms with Gasteiger partial charge in [0.25, 0.3) is 0 Å². The van der Waals surface area contributed by atoms with Crippen molar-refractivity contribution in [3.63, 3.8) is 0 Å². The number of thioether (sulfide) groups is 1. The zero-order chi connectivity index (χ0) is 13.0. The molecule has 0 spiro atoms. The molecule has 0 aliphatic carbocycles. The molecule has 1 aromatic carbocycles. The summed E-state index contributed by atoms with van der Waals surface area (Å²) in [4.78, 5) is 11.8. The third-order valence-electron chi connectivity index (χ3n) is 2.92.